The molecule has 2 aliphatic rings. The topological polar surface area (TPSA) is 38.8 Å². The Kier molecular flexibility index (Phi) is 4.89. The van der Waals surface area contributed by atoms with Gasteiger partial charge in [0.05, 0.1) is 6.61 Å². The molecule has 0 aromatic heterocycles. The fraction of sp³-hybridized carbons (Fsp3) is 0.769. The Bertz CT molecular complexity index is 337. The number of halogens is 1. The van der Waals surface area contributed by atoms with Crippen molar-refractivity contribution in [3.63, 3.8) is 0 Å². The number of cyclic esters (lactones) is 1. The molecule has 0 aliphatic carbocycles. The Balaban J connectivity index is 2.03. The van der Waals surface area contributed by atoms with E-state index in [9.17, 15) is 4.79 Å². The molecule has 1 unspecified atom stereocenters. The molecule has 2 aliphatic heterocycles. The number of carbonyl (C=O) groups is 1. The predicted molar refractivity (Wildman–Crippen MR) is 69.0 cm³/mol. The normalized spacial score (nSPS) is 24.7. The molecule has 1 saturated heterocycles. The van der Waals surface area contributed by atoms with Crippen LogP contribution in [0.4, 0.5) is 0 Å². The lowest BCUT2D eigenvalue weighted by Gasteiger charge is -2.31. The van der Waals surface area contributed by atoms with E-state index in [2.05, 4.69) is 11.8 Å². The van der Waals surface area contributed by atoms with Crippen molar-refractivity contribution in [2.24, 2.45) is 0 Å². The molecular weight excluding hydrogens is 254 g/mol. The quantitative estimate of drug-likeness (QED) is 0.570. The molecule has 18 heavy (non-hydrogen) atoms. The van der Waals surface area contributed by atoms with E-state index in [4.69, 9.17) is 21.1 Å². The zero-order chi connectivity index (χ0) is 13.0. The van der Waals surface area contributed by atoms with E-state index in [-0.39, 0.29) is 5.03 Å². The van der Waals surface area contributed by atoms with Crippen molar-refractivity contribution in [2.45, 2.75) is 45.3 Å². The third-order valence-corrected chi connectivity index (χ3v) is 3.65. The summed E-state index contributed by atoms with van der Waals surface area (Å²) in [5, 5.41) is 0.193. The molecule has 1 fully saturated rings. The van der Waals surface area contributed by atoms with Gasteiger partial charge in [-0.2, -0.15) is 0 Å². The summed E-state index contributed by atoms with van der Waals surface area (Å²) >= 11 is 6.05. The van der Waals surface area contributed by atoms with Crippen LogP contribution in [0.15, 0.2) is 10.7 Å². The van der Waals surface area contributed by atoms with Crippen LogP contribution in [0.1, 0.15) is 39.0 Å². The average Bonchev–Trinajstić information content (AvgIpc) is 2.67. The molecule has 0 saturated carbocycles. The van der Waals surface area contributed by atoms with Gasteiger partial charge in [-0.3, -0.25) is 0 Å². The van der Waals surface area contributed by atoms with Gasteiger partial charge in [-0.05, 0) is 25.7 Å². The van der Waals surface area contributed by atoms with Gasteiger partial charge in [0.25, 0.3) is 0 Å². The van der Waals surface area contributed by atoms with Crippen LogP contribution in [-0.2, 0) is 14.3 Å². The number of carbonyl (C=O) groups excluding carboxylic acids is 1. The largest absolute Gasteiger partial charge is 0.425 e. The molecule has 0 spiro atoms. The van der Waals surface area contributed by atoms with Gasteiger partial charge >= 0.3 is 5.97 Å². The van der Waals surface area contributed by atoms with E-state index >= 15 is 0 Å². The lowest BCUT2D eigenvalue weighted by molar-refractivity contribution is -0.162. The van der Waals surface area contributed by atoms with Crippen LogP contribution in [0.5, 0.6) is 0 Å². The highest BCUT2D eigenvalue weighted by molar-refractivity contribution is 6.42. The number of esters is 1. The van der Waals surface area contributed by atoms with E-state index in [1.54, 1.807) is 0 Å². The number of piperidine rings is 1. The first-order valence-electron chi connectivity index (χ1n) is 6.71. The highest BCUT2D eigenvalue weighted by atomic mass is 35.5. The van der Waals surface area contributed by atoms with Crippen LogP contribution in [0.3, 0.4) is 0 Å². The van der Waals surface area contributed by atoms with Crippen molar-refractivity contribution in [3.8, 4) is 0 Å². The molecule has 0 aromatic rings. The SMILES string of the molecule is CCCCOC1OC(=O)C(Cl)=C1N1CCCCC1. The van der Waals surface area contributed by atoms with E-state index in [0.717, 1.165) is 44.5 Å². The molecule has 0 bridgehead atoms. The summed E-state index contributed by atoms with van der Waals surface area (Å²) in [4.78, 5) is 13.7. The highest BCUT2D eigenvalue weighted by Crippen LogP contribution is 2.31. The first-order chi connectivity index (χ1) is 8.74. The van der Waals surface area contributed by atoms with Crippen molar-refractivity contribution in [3.05, 3.63) is 10.7 Å². The monoisotopic (exact) mass is 273 g/mol. The Labute approximate surface area is 113 Å². The fourth-order valence-corrected chi connectivity index (χ4v) is 2.54. The summed E-state index contributed by atoms with van der Waals surface area (Å²) < 4.78 is 10.8. The summed E-state index contributed by atoms with van der Waals surface area (Å²) in [5.74, 6) is -0.460. The summed E-state index contributed by atoms with van der Waals surface area (Å²) in [5.41, 5.74) is 0.734. The second kappa shape index (κ2) is 6.43. The van der Waals surface area contributed by atoms with Crippen molar-refractivity contribution in [1.82, 2.24) is 4.90 Å². The molecule has 2 heterocycles. The van der Waals surface area contributed by atoms with Crippen molar-refractivity contribution in [2.75, 3.05) is 19.7 Å². The van der Waals surface area contributed by atoms with E-state index in [1.807, 2.05) is 0 Å². The second-order valence-corrected chi connectivity index (χ2v) is 5.09. The number of nitrogens with zero attached hydrogens (tertiary/aromatic N) is 1. The highest BCUT2D eigenvalue weighted by Gasteiger charge is 2.37. The number of likely N-dealkylation sites (tertiary alicyclic amines) is 1. The first kappa shape index (κ1) is 13.7. The second-order valence-electron chi connectivity index (χ2n) is 4.71. The number of ether oxygens (including phenoxy) is 2. The molecule has 0 amide bonds. The maximum absolute atomic E-state index is 11.6. The van der Waals surface area contributed by atoms with Crippen LogP contribution in [-0.4, -0.2) is 36.9 Å². The number of unbranched alkanes of at least 4 members (excludes halogenated alkanes) is 1. The maximum Gasteiger partial charge on any atom is 0.354 e. The van der Waals surface area contributed by atoms with Crippen LogP contribution in [0.2, 0.25) is 0 Å². The Morgan fingerprint density at radius 3 is 2.78 bits per heavy atom. The zero-order valence-electron chi connectivity index (χ0n) is 10.8. The van der Waals surface area contributed by atoms with Crippen LogP contribution in [0, 0.1) is 0 Å². The summed E-state index contributed by atoms with van der Waals surface area (Å²) in [6.45, 7) is 4.54. The van der Waals surface area contributed by atoms with E-state index < -0.39 is 12.3 Å². The smallest absolute Gasteiger partial charge is 0.354 e. The maximum atomic E-state index is 11.6. The minimum atomic E-state index is -0.602. The third-order valence-electron chi connectivity index (χ3n) is 3.31. The van der Waals surface area contributed by atoms with Gasteiger partial charge in [-0.1, -0.05) is 24.9 Å². The van der Waals surface area contributed by atoms with Gasteiger partial charge < -0.3 is 14.4 Å². The van der Waals surface area contributed by atoms with Gasteiger partial charge in [0.15, 0.2) is 5.03 Å². The van der Waals surface area contributed by atoms with Crippen molar-refractivity contribution < 1.29 is 14.3 Å². The Morgan fingerprint density at radius 1 is 1.39 bits per heavy atom. The molecule has 0 aromatic carbocycles. The summed E-state index contributed by atoms with van der Waals surface area (Å²) in [6, 6.07) is 0. The number of hydrogen-bond donors (Lipinski definition) is 0. The number of rotatable bonds is 5. The minimum absolute atomic E-state index is 0.193. The first-order valence-corrected chi connectivity index (χ1v) is 7.09. The Morgan fingerprint density at radius 2 is 2.11 bits per heavy atom. The van der Waals surface area contributed by atoms with Gasteiger partial charge in [-0.15, -0.1) is 0 Å². The molecule has 4 nitrogen and oxygen atoms in total. The van der Waals surface area contributed by atoms with Crippen molar-refractivity contribution >= 4 is 17.6 Å². The molecule has 1 atom stereocenters. The molecule has 2 rings (SSSR count). The zero-order valence-corrected chi connectivity index (χ0v) is 11.5. The summed E-state index contributed by atoms with van der Waals surface area (Å²) in [7, 11) is 0. The predicted octanol–water partition coefficient (Wildman–Crippen LogP) is 2.62. The van der Waals surface area contributed by atoms with Gasteiger partial charge in [0, 0.05) is 13.1 Å². The fourth-order valence-electron chi connectivity index (χ4n) is 2.28. The number of hydrogen-bond acceptors (Lipinski definition) is 4. The summed E-state index contributed by atoms with van der Waals surface area (Å²) in [6.07, 6.45) is 4.90. The molecule has 102 valence electrons. The van der Waals surface area contributed by atoms with Crippen LogP contribution >= 0.6 is 11.6 Å². The van der Waals surface area contributed by atoms with E-state index in [0.29, 0.717) is 6.61 Å². The minimum Gasteiger partial charge on any atom is -0.425 e. The van der Waals surface area contributed by atoms with Crippen LogP contribution < -0.4 is 0 Å². The lowest BCUT2D eigenvalue weighted by atomic mass is 10.1. The molecule has 5 heteroatoms. The average molecular weight is 274 g/mol. The molecular formula is C13H20ClNO3. The molecule has 0 radical (unpaired) electrons. The van der Waals surface area contributed by atoms with Gasteiger partial charge in [-0.25, -0.2) is 4.79 Å². The third kappa shape index (κ3) is 2.98. The lowest BCUT2D eigenvalue weighted by Crippen LogP contribution is -2.34. The van der Waals surface area contributed by atoms with Gasteiger partial charge in [0.1, 0.15) is 5.70 Å². The molecule has 0 N–H and O–H groups in total. The van der Waals surface area contributed by atoms with E-state index in [1.165, 1.54) is 6.42 Å². The Hall–Kier alpha value is -0.740. The van der Waals surface area contributed by atoms with Crippen LogP contribution in [0.25, 0.3) is 0 Å². The standard InChI is InChI=1S/C13H20ClNO3/c1-2-3-9-17-13-11(10(14)12(16)18-13)15-7-5-4-6-8-15/h13H,2-9H2,1H3. The van der Waals surface area contributed by atoms with Crippen molar-refractivity contribution in [1.29, 1.82) is 0 Å². The van der Waals surface area contributed by atoms with Gasteiger partial charge in [0.2, 0.25) is 6.29 Å².